The van der Waals surface area contributed by atoms with E-state index in [4.69, 9.17) is 0 Å². The smallest absolute Gasteiger partial charge is 0.264 e. The van der Waals surface area contributed by atoms with Crippen molar-refractivity contribution in [2.75, 3.05) is 17.4 Å². The first-order valence-electron chi connectivity index (χ1n) is 14.4. The van der Waals surface area contributed by atoms with Gasteiger partial charge in [-0.3, -0.25) is 13.9 Å². The molecule has 224 valence electrons. The van der Waals surface area contributed by atoms with Gasteiger partial charge in [0.25, 0.3) is 10.0 Å². The zero-order valence-electron chi connectivity index (χ0n) is 24.9. The highest BCUT2D eigenvalue weighted by Crippen LogP contribution is 2.27. The van der Waals surface area contributed by atoms with Crippen molar-refractivity contribution in [3.63, 3.8) is 0 Å². The third kappa shape index (κ3) is 8.32. The maximum absolute atomic E-state index is 14.4. The van der Waals surface area contributed by atoms with E-state index >= 15 is 0 Å². The van der Waals surface area contributed by atoms with Gasteiger partial charge in [0, 0.05) is 19.5 Å². The van der Waals surface area contributed by atoms with Crippen LogP contribution < -0.4 is 9.62 Å². The molecule has 0 radical (unpaired) electrons. The lowest BCUT2D eigenvalue weighted by molar-refractivity contribution is -0.140. The van der Waals surface area contributed by atoms with E-state index in [2.05, 4.69) is 5.32 Å². The Morgan fingerprint density at radius 3 is 1.86 bits per heavy atom. The van der Waals surface area contributed by atoms with Gasteiger partial charge in [0.2, 0.25) is 11.8 Å². The summed E-state index contributed by atoms with van der Waals surface area (Å²) in [7, 11) is -4.12. The molecule has 0 aliphatic heterocycles. The van der Waals surface area contributed by atoms with E-state index in [9.17, 15) is 18.0 Å². The Morgan fingerprint density at radius 1 is 0.744 bits per heavy atom. The number of hydrogen-bond acceptors (Lipinski definition) is 4. The monoisotopic (exact) mass is 597 g/mol. The van der Waals surface area contributed by atoms with Crippen molar-refractivity contribution in [1.29, 1.82) is 0 Å². The zero-order chi connectivity index (χ0) is 30.8. The van der Waals surface area contributed by atoms with Crippen molar-refractivity contribution in [2.24, 2.45) is 5.92 Å². The van der Waals surface area contributed by atoms with Crippen LogP contribution in [-0.2, 0) is 32.6 Å². The van der Waals surface area contributed by atoms with Gasteiger partial charge in [-0.05, 0) is 47.7 Å². The van der Waals surface area contributed by atoms with Crippen molar-refractivity contribution in [1.82, 2.24) is 10.2 Å². The molecule has 1 atom stereocenters. The fourth-order valence-corrected chi connectivity index (χ4v) is 6.33. The van der Waals surface area contributed by atoms with Crippen molar-refractivity contribution in [3.05, 3.63) is 132 Å². The maximum atomic E-state index is 14.4. The molecular weight excluding hydrogens is 558 g/mol. The minimum atomic E-state index is -4.12. The molecule has 4 rings (SSSR count). The summed E-state index contributed by atoms with van der Waals surface area (Å²) in [6.07, 6.45) is 0.277. The Kier molecular flexibility index (Phi) is 10.7. The quantitative estimate of drug-likeness (QED) is 0.217. The number of nitrogens with one attached hydrogen (secondary N) is 1. The van der Waals surface area contributed by atoms with E-state index in [1.54, 1.807) is 30.3 Å². The summed E-state index contributed by atoms with van der Waals surface area (Å²) in [6.45, 7) is 5.94. The number of para-hydroxylation sites is 1. The van der Waals surface area contributed by atoms with E-state index in [0.717, 1.165) is 15.4 Å². The van der Waals surface area contributed by atoms with E-state index in [0.29, 0.717) is 17.8 Å². The van der Waals surface area contributed by atoms with Crippen LogP contribution in [0.4, 0.5) is 5.69 Å². The molecule has 1 unspecified atom stereocenters. The second-order valence-corrected chi connectivity index (χ2v) is 12.8. The topological polar surface area (TPSA) is 86.8 Å². The van der Waals surface area contributed by atoms with Gasteiger partial charge in [-0.25, -0.2) is 8.42 Å². The van der Waals surface area contributed by atoms with Crippen LogP contribution in [-0.4, -0.2) is 44.3 Å². The SMILES string of the molecule is Cc1ccccc1N(CC(=O)N(Cc1ccccc1)C(Cc1ccccc1)C(=O)NCC(C)C)S(=O)(=O)c1ccccc1. The summed E-state index contributed by atoms with van der Waals surface area (Å²) in [5, 5.41) is 3.01. The number of anilines is 1. The second kappa shape index (κ2) is 14.6. The summed E-state index contributed by atoms with van der Waals surface area (Å²) in [4.78, 5) is 29.8. The Balaban J connectivity index is 1.78. The lowest BCUT2D eigenvalue weighted by atomic mass is 10.0. The first kappa shape index (κ1) is 31.5. The Bertz CT molecular complexity index is 1590. The van der Waals surface area contributed by atoms with Crippen LogP contribution in [0.1, 0.15) is 30.5 Å². The van der Waals surface area contributed by atoms with Crippen molar-refractivity contribution in [2.45, 2.75) is 44.7 Å². The molecule has 0 saturated carbocycles. The number of hydrogen-bond donors (Lipinski definition) is 1. The number of carbonyl (C=O) groups is 2. The van der Waals surface area contributed by atoms with Gasteiger partial charge in [0.1, 0.15) is 12.6 Å². The molecule has 4 aromatic rings. The molecule has 4 aromatic carbocycles. The average Bonchev–Trinajstić information content (AvgIpc) is 3.02. The van der Waals surface area contributed by atoms with Crippen molar-refractivity contribution >= 4 is 27.5 Å². The number of benzene rings is 4. The van der Waals surface area contributed by atoms with Crippen LogP contribution in [0.5, 0.6) is 0 Å². The Morgan fingerprint density at radius 2 is 1.28 bits per heavy atom. The van der Waals surface area contributed by atoms with Crippen LogP contribution in [0, 0.1) is 12.8 Å². The number of carbonyl (C=O) groups excluding carboxylic acids is 2. The molecule has 8 heteroatoms. The van der Waals surface area contributed by atoms with Gasteiger partial charge in [0.15, 0.2) is 0 Å². The third-order valence-electron chi connectivity index (χ3n) is 7.15. The predicted octanol–water partition coefficient (Wildman–Crippen LogP) is 5.60. The van der Waals surface area contributed by atoms with E-state index in [1.165, 1.54) is 17.0 Å². The first-order chi connectivity index (χ1) is 20.7. The Hall–Kier alpha value is -4.43. The molecule has 0 bridgehead atoms. The lowest BCUT2D eigenvalue weighted by Gasteiger charge is -2.34. The largest absolute Gasteiger partial charge is 0.354 e. The number of aryl methyl sites for hydroxylation is 1. The fraction of sp³-hybridized carbons (Fsp3) is 0.257. The van der Waals surface area contributed by atoms with Gasteiger partial charge in [0.05, 0.1) is 10.6 Å². The van der Waals surface area contributed by atoms with Gasteiger partial charge in [-0.1, -0.05) is 111 Å². The van der Waals surface area contributed by atoms with Crippen LogP contribution >= 0.6 is 0 Å². The lowest BCUT2D eigenvalue weighted by Crippen LogP contribution is -2.53. The van der Waals surface area contributed by atoms with Crippen molar-refractivity contribution in [3.8, 4) is 0 Å². The maximum Gasteiger partial charge on any atom is 0.264 e. The molecule has 0 saturated heterocycles. The van der Waals surface area contributed by atoms with E-state index < -0.39 is 28.5 Å². The first-order valence-corrected chi connectivity index (χ1v) is 15.9. The molecule has 0 aromatic heterocycles. The minimum Gasteiger partial charge on any atom is -0.354 e. The molecule has 2 amide bonds. The standard InChI is InChI=1S/C35H39N3O4S/c1-27(2)24-36-35(40)33(23-29-16-7-4-8-17-29)37(25-30-18-9-5-10-19-30)34(39)26-38(32-22-14-13-15-28(32)3)43(41,42)31-20-11-6-12-21-31/h4-22,27,33H,23-26H2,1-3H3,(H,36,40). The summed E-state index contributed by atoms with van der Waals surface area (Å²) in [5.74, 6) is -0.547. The molecule has 0 heterocycles. The predicted molar refractivity (Wildman–Crippen MR) is 171 cm³/mol. The van der Waals surface area contributed by atoms with Gasteiger partial charge >= 0.3 is 0 Å². The third-order valence-corrected chi connectivity index (χ3v) is 8.92. The average molecular weight is 598 g/mol. The number of sulfonamides is 1. The summed E-state index contributed by atoms with van der Waals surface area (Å²) in [5.41, 5.74) is 2.84. The molecular formula is C35H39N3O4S. The van der Waals surface area contributed by atoms with Crippen LogP contribution in [0.3, 0.4) is 0 Å². The molecule has 0 aliphatic rings. The number of nitrogens with zero attached hydrogens (tertiary/aromatic N) is 2. The summed E-state index contributed by atoms with van der Waals surface area (Å²) < 4.78 is 29.3. The highest BCUT2D eigenvalue weighted by atomic mass is 32.2. The van der Waals surface area contributed by atoms with Crippen LogP contribution in [0.15, 0.2) is 120 Å². The second-order valence-electron chi connectivity index (χ2n) is 11.0. The summed E-state index contributed by atoms with van der Waals surface area (Å²) in [6, 6.07) is 33.3. The highest BCUT2D eigenvalue weighted by molar-refractivity contribution is 7.92. The van der Waals surface area contributed by atoms with E-state index in [1.807, 2.05) is 93.6 Å². The highest BCUT2D eigenvalue weighted by Gasteiger charge is 2.35. The molecule has 0 spiro atoms. The van der Waals surface area contributed by atoms with Gasteiger partial charge < -0.3 is 10.2 Å². The van der Waals surface area contributed by atoms with Crippen molar-refractivity contribution < 1.29 is 18.0 Å². The fourth-order valence-electron chi connectivity index (χ4n) is 4.83. The minimum absolute atomic E-state index is 0.0798. The van der Waals surface area contributed by atoms with Gasteiger partial charge in [-0.15, -0.1) is 0 Å². The summed E-state index contributed by atoms with van der Waals surface area (Å²) >= 11 is 0. The zero-order valence-corrected chi connectivity index (χ0v) is 25.7. The van der Waals surface area contributed by atoms with Crippen LogP contribution in [0.25, 0.3) is 0 Å². The van der Waals surface area contributed by atoms with Gasteiger partial charge in [-0.2, -0.15) is 0 Å². The Labute approximate surface area is 255 Å². The number of amides is 2. The molecule has 1 N–H and O–H groups in total. The van der Waals surface area contributed by atoms with Crippen LogP contribution in [0.2, 0.25) is 0 Å². The molecule has 7 nitrogen and oxygen atoms in total. The number of rotatable bonds is 13. The normalized spacial score (nSPS) is 12.0. The molecule has 43 heavy (non-hydrogen) atoms. The molecule has 0 aliphatic carbocycles. The molecule has 0 fully saturated rings. The van der Waals surface area contributed by atoms with E-state index in [-0.39, 0.29) is 29.7 Å².